The van der Waals surface area contributed by atoms with Crippen molar-refractivity contribution in [1.29, 1.82) is 0 Å². The smallest absolute Gasteiger partial charge is 0.309 e. The monoisotopic (exact) mass is 192 g/mol. The van der Waals surface area contributed by atoms with Gasteiger partial charge in [0.25, 0.3) is 0 Å². The molecule has 2 aliphatic carbocycles. The highest BCUT2D eigenvalue weighted by Gasteiger charge is 2.44. The molecule has 1 saturated heterocycles. The summed E-state index contributed by atoms with van der Waals surface area (Å²) in [5, 5.41) is 0. The van der Waals surface area contributed by atoms with Crippen molar-refractivity contribution in [3.63, 3.8) is 0 Å². The van der Waals surface area contributed by atoms with Crippen LogP contribution in [0.15, 0.2) is 11.6 Å². The molecule has 3 atom stereocenters. The molecular formula is C12H16O2. The Bertz CT molecular complexity index is 293. The van der Waals surface area contributed by atoms with Gasteiger partial charge in [-0.1, -0.05) is 18.1 Å². The second-order valence-corrected chi connectivity index (χ2v) is 4.77. The molecule has 2 fully saturated rings. The van der Waals surface area contributed by atoms with Crippen LogP contribution in [0.1, 0.15) is 32.1 Å². The zero-order chi connectivity index (χ0) is 9.54. The van der Waals surface area contributed by atoms with Gasteiger partial charge in [-0.25, -0.2) is 0 Å². The highest BCUT2D eigenvalue weighted by Crippen LogP contribution is 2.45. The Kier molecular flexibility index (Phi) is 1.89. The zero-order valence-electron chi connectivity index (χ0n) is 8.37. The van der Waals surface area contributed by atoms with Crippen LogP contribution in [0.4, 0.5) is 0 Å². The third-order valence-electron chi connectivity index (χ3n) is 4.10. The van der Waals surface area contributed by atoms with E-state index in [0.29, 0.717) is 18.4 Å². The fraction of sp³-hybridized carbons (Fsp3) is 0.750. The molecule has 0 radical (unpaired) electrons. The first-order valence-electron chi connectivity index (χ1n) is 5.72. The Morgan fingerprint density at radius 2 is 2.21 bits per heavy atom. The summed E-state index contributed by atoms with van der Waals surface area (Å²) in [6.45, 7) is 0.686. The third kappa shape index (κ3) is 1.13. The lowest BCUT2D eigenvalue weighted by molar-refractivity contribution is -0.141. The van der Waals surface area contributed by atoms with E-state index in [9.17, 15) is 4.79 Å². The predicted octanol–water partition coefficient (Wildman–Crippen LogP) is 2.30. The molecule has 0 aromatic rings. The minimum Gasteiger partial charge on any atom is -0.465 e. The second kappa shape index (κ2) is 3.11. The van der Waals surface area contributed by atoms with Crippen molar-refractivity contribution in [3.05, 3.63) is 11.6 Å². The quantitative estimate of drug-likeness (QED) is 0.435. The fourth-order valence-electron chi connectivity index (χ4n) is 3.33. The van der Waals surface area contributed by atoms with Crippen molar-refractivity contribution >= 4 is 5.97 Å². The Hall–Kier alpha value is -0.790. The molecular weight excluding hydrogens is 176 g/mol. The first-order valence-corrected chi connectivity index (χ1v) is 5.72. The van der Waals surface area contributed by atoms with E-state index in [-0.39, 0.29) is 11.9 Å². The highest BCUT2D eigenvalue weighted by atomic mass is 16.5. The van der Waals surface area contributed by atoms with E-state index in [2.05, 4.69) is 6.08 Å². The molecule has 2 heteroatoms. The molecule has 0 bridgehead atoms. The van der Waals surface area contributed by atoms with Crippen molar-refractivity contribution in [3.8, 4) is 0 Å². The van der Waals surface area contributed by atoms with Crippen LogP contribution in [0.2, 0.25) is 0 Å². The molecule has 0 N–H and O–H groups in total. The van der Waals surface area contributed by atoms with Gasteiger partial charge in [-0.15, -0.1) is 0 Å². The largest absolute Gasteiger partial charge is 0.465 e. The highest BCUT2D eigenvalue weighted by molar-refractivity contribution is 5.75. The van der Waals surface area contributed by atoms with Crippen LogP contribution in [-0.2, 0) is 9.53 Å². The van der Waals surface area contributed by atoms with Crippen molar-refractivity contribution in [2.24, 2.45) is 17.8 Å². The molecule has 3 rings (SSSR count). The van der Waals surface area contributed by atoms with Gasteiger partial charge in [-0.05, 0) is 31.6 Å². The average molecular weight is 192 g/mol. The molecule has 1 saturated carbocycles. The van der Waals surface area contributed by atoms with Gasteiger partial charge in [0.15, 0.2) is 0 Å². The molecule has 1 aliphatic heterocycles. The first kappa shape index (κ1) is 8.51. The van der Waals surface area contributed by atoms with Crippen LogP contribution in [0, 0.1) is 17.8 Å². The predicted molar refractivity (Wildman–Crippen MR) is 52.6 cm³/mol. The van der Waals surface area contributed by atoms with E-state index in [0.717, 1.165) is 6.42 Å². The number of rotatable bonds is 0. The molecule has 0 aromatic heterocycles. The standard InChI is InChI=1S/C12H16O2/c13-12-10-6-5-8-3-1-2-4-9(8)11(10)7-14-12/h5,9-11H,1-4,6-7H2/t9-,10+,11-/m0/s1. The summed E-state index contributed by atoms with van der Waals surface area (Å²) in [5.74, 6) is 1.44. The van der Waals surface area contributed by atoms with E-state index in [1.54, 1.807) is 5.57 Å². The Balaban J connectivity index is 1.89. The van der Waals surface area contributed by atoms with Crippen LogP contribution >= 0.6 is 0 Å². The van der Waals surface area contributed by atoms with E-state index >= 15 is 0 Å². The maximum Gasteiger partial charge on any atom is 0.309 e. The summed E-state index contributed by atoms with van der Waals surface area (Å²) in [4.78, 5) is 11.4. The van der Waals surface area contributed by atoms with Crippen LogP contribution in [0.25, 0.3) is 0 Å². The molecule has 76 valence electrons. The number of fused-ring (bicyclic) bond motifs is 3. The summed E-state index contributed by atoms with van der Waals surface area (Å²) in [6.07, 6.45) is 8.48. The molecule has 0 aromatic carbocycles. The molecule has 3 aliphatic rings. The van der Waals surface area contributed by atoms with Crippen LogP contribution in [0.3, 0.4) is 0 Å². The molecule has 2 nitrogen and oxygen atoms in total. The molecule has 0 spiro atoms. The topological polar surface area (TPSA) is 26.3 Å². The van der Waals surface area contributed by atoms with E-state index in [4.69, 9.17) is 4.74 Å². The maximum absolute atomic E-state index is 11.4. The SMILES string of the molecule is O=C1OC[C@@H]2[C@H]1CC=C1CCCC[C@@H]12. The van der Waals surface area contributed by atoms with Gasteiger partial charge in [0, 0.05) is 5.92 Å². The molecule has 0 unspecified atom stereocenters. The second-order valence-electron chi connectivity index (χ2n) is 4.77. The minimum atomic E-state index is 0.0517. The average Bonchev–Trinajstić information content (AvgIpc) is 2.61. The first-order chi connectivity index (χ1) is 6.86. The van der Waals surface area contributed by atoms with Gasteiger partial charge in [-0.2, -0.15) is 0 Å². The number of cyclic esters (lactones) is 1. The Morgan fingerprint density at radius 1 is 1.29 bits per heavy atom. The van der Waals surface area contributed by atoms with Crippen LogP contribution < -0.4 is 0 Å². The van der Waals surface area contributed by atoms with Gasteiger partial charge in [0.1, 0.15) is 0 Å². The van der Waals surface area contributed by atoms with Crippen molar-refractivity contribution in [2.45, 2.75) is 32.1 Å². The number of allylic oxidation sites excluding steroid dienone is 2. The Morgan fingerprint density at radius 3 is 3.14 bits per heavy atom. The van der Waals surface area contributed by atoms with Gasteiger partial charge in [0.05, 0.1) is 12.5 Å². The molecule has 1 heterocycles. The van der Waals surface area contributed by atoms with Crippen molar-refractivity contribution < 1.29 is 9.53 Å². The number of esters is 1. The normalized spacial score (nSPS) is 41.0. The van der Waals surface area contributed by atoms with Crippen molar-refractivity contribution in [1.82, 2.24) is 0 Å². The number of ether oxygens (including phenoxy) is 1. The molecule has 14 heavy (non-hydrogen) atoms. The van der Waals surface area contributed by atoms with Crippen molar-refractivity contribution in [2.75, 3.05) is 6.61 Å². The number of hydrogen-bond acceptors (Lipinski definition) is 2. The fourth-order valence-corrected chi connectivity index (χ4v) is 3.33. The van der Waals surface area contributed by atoms with Gasteiger partial charge >= 0.3 is 5.97 Å². The summed E-state index contributed by atoms with van der Waals surface area (Å²) in [7, 11) is 0. The summed E-state index contributed by atoms with van der Waals surface area (Å²) < 4.78 is 5.18. The van der Waals surface area contributed by atoms with Crippen LogP contribution in [-0.4, -0.2) is 12.6 Å². The van der Waals surface area contributed by atoms with E-state index < -0.39 is 0 Å². The lowest BCUT2D eigenvalue weighted by Gasteiger charge is -2.35. The number of hydrogen-bond donors (Lipinski definition) is 0. The summed E-state index contributed by atoms with van der Waals surface area (Å²) in [6, 6.07) is 0. The maximum atomic E-state index is 11.4. The Labute approximate surface area is 84.3 Å². The van der Waals surface area contributed by atoms with Gasteiger partial charge in [0.2, 0.25) is 0 Å². The van der Waals surface area contributed by atoms with E-state index in [1.807, 2.05) is 0 Å². The van der Waals surface area contributed by atoms with Gasteiger partial charge in [-0.3, -0.25) is 4.79 Å². The van der Waals surface area contributed by atoms with Gasteiger partial charge < -0.3 is 4.74 Å². The summed E-state index contributed by atoms with van der Waals surface area (Å²) >= 11 is 0. The third-order valence-corrected chi connectivity index (χ3v) is 4.10. The number of carbonyl (C=O) groups excluding carboxylic acids is 1. The lowest BCUT2D eigenvalue weighted by Crippen LogP contribution is -2.30. The summed E-state index contributed by atoms with van der Waals surface area (Å²) in [5.41, 5.74) is 1.62. The molecule has 0 amide bonds. The minimum absolute atomic E-state index is 0.0517. The zero-order valence-corrected chi connectivity index (χ0v) is 8.37. The van der Waals surface area contributed by atoms with E-state index in [1.165, 1.54) is 25.7 Å². The lowest BCUT2D eigenvalue weighted by atomic mass is 9.68. The van der Waals surface area contributed by atoms with Crippen LogP contribution in [0.5, 0.6) is 0 Å². The number of carbonyl (C=O) groups is 1.